The fourth-order valence-electron chi connectivity index (χ4n) is 3.19. The van der Waals surface area contributed by atoms with Crippen LogP contribution in [0.1, 0.15) is 19.4 Å². The Labute approximate surface area is 163 Å². The number of nitrogens with zero attached hydrogens (tertiary/aromatic N) is 4. The second-order valence-electron chi connectivity index (χ2n) is 6.76. The molecule has 0 aliphatic carbocycles. The summed E-state index contributed by atoms with van der Waals surface area (Å²) in [7, 11) is 1.49. The van der Waals surface area contributed by atoms with Crippen molar-refractivity contribution in [3.8, 4) is 22.5 Å². The number of hydroxylamine groups is 2. The normalized spacial score (nSPS) is 12.5. The van der Waals surface area contributed by atoms with Gasteiger partial charge in [0.25, 0.3) is 0 Å². The molecule has 0 radical (unpaired) electrons. The highest BCUT2D eigenvalue weighted by Crippen LogP contribution is 2.30. The Bertz CT molecular complexity index is 910. The molecular formula is C20H23N5O3. The molecule has 3 aromatic rings. The fraction of sp³-hybridized carbons (Fsp3) is 0.300. The predicted octanol–water partition coefficient (Wildman–Crippen LogP) is 3.01. The van der Waals surface area contributed by atoms with Gasteiger partial charge in [0.2, 0.25) is 5.82 Å². The summed E-state index contributed by atoms with van der Waals surface area (Å²) in [5, 5.41) is 25.2. The number of hydrogen-bond acceptors (Lipinski definition) is 6. The molecule has 0 fully saturated rings. The number of aliphatic carboxylic acids is 1. The topological polar surface area (TPSA) is 104 Å². The average molecular weight is 381 g/mol. The second-order valence-corrected chi connectivity index (χ2v) is 6.76. The predicted molar refractivity (Wildman–Crippen MR) is 104 cm³/mol. The maximum absolute atomic E-state index is 11.6. The number of carboxylic acid groups (broad SMARTS) is 1. The van der Waals surface area contributed by atoms with E-state index in [2.05, 4.69) is 20.6 Å². The first kappa shape index (κ1) is 19.7. The third-order valence-electron chi connectivity index (χ3n) is 4.55. The maximum Gasteiger partial charge on any atom is 0.323 e. The van der Waals surface area contributed by atoms with E-state index >= 15 is 0 Å². The van der Waals surface area contributed by atoms with Gasteiger partial charge in [-0.2, -0.15) is 10.3 Å². The molecule has 0 aliphatic rings. The van der Waals surface area contributed by atoms with E-state index in [1.807, 2.05) is 62.4 Å². The Morgan fingerprint density at radius 3 is 2.36 bits per heavy atom. The summed E-state index contributed by atoms with van der Waals surface area (Å²) in [4.78, 5) is 16.9. The van der Waals surface area contributed by atoms with Crippen molar-refractivity contribution < 1.29 is 14.7 Å². The van der Waals surface area contributed by atoms with Crippen LogP contribution in [-0.2, 0) is 16.2 Å². The van der Waals surface area contributed by atoms with Crippen LogP contribution < -0.4 is 0 Å². The first-order valence-corrected chi connectivity index (χ1v) is 8.97. The summed E-state index contributed by atoms with van der Waals surface area (Å²) >= 11 is 0. The van der Waals surface area contributed by atoms with E-state index in [9.17, 15) is 9.90 Å². The number of aromatic nitrogens is 4. The lowest BCUT2D eigenvalue weighted by atomic mass is 9.98. The SMILES string of the molecule is CON(Cc1ccc(-c2ccccc2-c2nn[nH]n2)cc1)[C@H](C(=O)O)C(C)C. The van der Waals surface area contributed by atoms with Crippen molar-refractivity contribution in [1.82, 2.24) is 25.7 Å². The van der Waals surface area contributed by atoms with Gasteiger partial charge in [-0.1, -0.05) is 62.4 Å². The Hall–Kier alpha value is -3.10. The molecule has 2 aromatic carbocycles. The number of carbonyl (C=O) groups is 1. The summed E-state index contributed by atoms with van der Waals surface area (Å²) in [5.74, 6) is -0.451. The monoisotopic (exact) mass is 381 g/mol. The van der Waals surface area contributed by atoms with E-state index in [1.165, 1.54) is 12.2 Å². The number of rotatable bonds is 8. The second kappa shape index (κ2) is 8.73. The standard InChI is InChI=1S/C20H23N5O3/c1-13(2)18(20(26)27)25(28-3)12-14-8-10-15(11-9-14)16-6-4-5-7-17(16)19-21-23-24-22-19/h4-11,13,18H,12H2,1-3H3,(H,26,27)(H,21,22,23,24)/t18-/m0/s1. The Kier molecular flexibility index (Phi) is 6.13. The quantitative estimate of drug-likeness (QED) is 0.578. The molecule has 1 atom stereocenters. The average Bonchev–Trinajstić information content (AvgIpc) is 3.22. The van der Waals surface area contributed by atoms with Crippen molar-refractivity contribution in [3.63, 3.8) is 0 Å². The lowest BCUT2D eigenvalue weighted by molar-refractivity contribution is -0.195. The van der Waals surface area contributed by atoms with Gasteiger partial charge >= 0.3 is 5.97 Å². The first-order valence-electron chi connectivity index (χ1n) is 8.97. The van der Waals surface area contributed by atoms with E-state index in [1.54, 1.807) is 0 Å². The molecule has 1 aromatic heterocycles. The minimum atomic E-state index is -0.900. The Morgan fingerprint density at radius 2 is 1.82 bits per heavy atom. The van der Waals surface area contributed by atoms with Crippen LogP contribution in [-0.4, -0.2) is 49.9 Å². The van der Waals surface area contributed by atoms with Gasteiger partial charge < -0.3 is 9.94 Å². The van der Waals surface area contributed by atoms with Crippen molar-refractivity contribution in [1.29, 1.82) is 0 Å². The summed E-state index contributed by atoms with van der Waals surface area (Å²) in [6, 6.07) is 15.0. The van der Waals surface area contributed by atoms with E-state index in [4.69, 9.17) is 4.84 Å². The lowest BCUT2D eigenvalue weighted by Gasteiger charge is -2.29. The molecule has 28 heavy (non-hydrogen) atoms. The van der Waals surface area contributed by atoms with Gasteiger partial charge in [-0.15, -0.1) is 10.2 Å². The highest BCUT2D eigenvalue weighted by atomic mass is 16.7. The first-order chi connectivity index (χ1) is 13.5. The summed E-state index contributed by atoms with van der Waals surface area (Å²) < 4.78 is 0. The van der Waals surface area contributed by atoms with Gasteiger partial charge in [0, 0.05) is 5.56 Å². The molecule has 0 amide bonds. The van der Waals surface area contributed by atoms with Crippen molar-refractivity contribution in [2.45, 2.75) is 26.4 Å². The summed E-state index contributed by atoms with van der Waals surface area (Å²) in [5.41, 5.74) is 3.83. The molecule has 2 N–H and O–H groups in total. The Morgan fingerprint density at radius 1 is 1.14 bits per heavy atom. The summed E-state index contributed by atoms with van der Waals surface area (Å²) in [6.45, 7) is 4.10. The number of hydrogen-bond donors (Lipinski definition) is 2. The van der Waals surface area contributed by atoms with Crippen molar-refractivity contribution in [3.05, 3.63) is 54.1 Å². The van der Waals surface area contributed by atoms with Crippen LogP contribution in [0, 0.1) is 5.92 Å². The van der Waals surface area contributed by atoms with Crippen LogP contribution in [0.25, 0.3) is 22.5 Å². The number of H-pyrrole nitrogens is 1. The minimum Gasteiger partial charge on any atom is -0.480 e. The largest absolute Gasteiger partial charge is 0.480 e. The zero-order chi connectivity index (χ0) is 20.1. The molecule has 1 heterocycles. The highest BCUT2D eigenvalue weighted by Gasteiger charge is 2.29. The molecule has 8 heteroatoms. The van der Waals surface area contributed by atoms with Crippen LogP contribution in [0.2, 0.25) is 0 Å². The Balaban J connectivity index is 1.84. The van der Waals surface area contributed by atoms with Gasteiger partial charge in [0.05, 0.1) is 13.7 Å². The van der Waals surface area contributed by atoms with Gasteiger partial charge in [-0.25, -0.2) is 0 Å². The number of carboxylic acids is 1. The van der Waals surface area contributed by atoms with Crippen LogP contribution >= 0.6 is 0 Å². The molecule has 8 nitrogen and oxygen atoms in total. The van der Waals surface area contributed by atoms with E-state index in [0.717, 1.165) is 22.3 Å². The molecule has 0 unspecified atom stereocenters. The maximum atomic E-state index is 11.6. The van der Waals surface area contributed by atoms with Crippen molar-refractivity contribution in [2.24, 2.45) is 5.92 Å². The molecular weight excluding hydrogens is 358 g/mol. The molecule has 0 spiro atoms. The van der Waals surface area contributed by atoms with Gasteiger partial charge in [0.1, 0.15) is 6.04 Å². The number of nitrogens with one attached hydrogen (secondary N) is 1. The number of tetrazole rings is 1. The molecule has 3 rings (SSSR count). The number of benzene rings is 2. The summed E-state index contributed by atoms with van der Waals surface area (Å²) in [6.07, 6.45) is 0. The van der Waals surface area contributed by atoms with Gasteiger partial charge in [0.15, 0.2) is 0 Å². The van der Waals surface area contributed by atoms with E-state index in [0.29, 0.717) is 12.4 Å². The van der Waals surface area contributed by atoms with Gasteiger partial charge in [-0.3, -0.25) is 4.79 Å². The molecule has 0 saturated heterocycles. The smallest absolute Gasteiger partial charge is 0.323 e. The van der Waals surface area contributed by atoms with E-state index in [-0.39, 0.29) is 5.92 Å². The van der Waals surface area contributed by atoms with Gasteiger partial charge in [-0.05, 0) is 27.8 Å². The van der Waals surface area contributed by atoms with Crippen molar-refractivity contribution >= 4 is 5.97 Å². The molecule has 0 saturated carbocycles. The lowest BCUT2D eigenvalue weighted by Crippen LogP contribution is -2.43. The molecule has 0 aliphatic heterocycles. The third-order valence-corrected chi connectivity index (χ3v) is 4.55. The van der Waals surface area contributed by atoms with Crippen LogP contribution in [0.15, 0.2) is 48.5 Å². The highest BCUT2D eigenvalue weighted by molar-refractivity contribution is 5.80. The van der Waals surface area contributed by atoms with Crippen LogP contribution in [0.4, 0.5) is 0 Å². The fourth-order valence-corrected chi connectivity index (χ4v) is 3.19. The molecule has 146 valence electrons. The van der Waals surface area contributed by atoms with Crippen LogP contribution in [0.5, 0.6) is 0 Å². The van der Waals surface area contributed by atoms with E-state index < -0.39 is 12.0 Å². The minimum absolute atomic E-state index is 0.0847. The third kappa shape index (κ3) is 4.24. The van der Waals surface area contributed by atoms with Crippen LogP contribution in [0.3, 0.4) is 0 Å². The zero-order valence-electron chi connectivity index (χ0n) is 16.0. The molecule has 0 bridgehead atoms. The zero-order valence-corrected chi connectivity index (χ0v) is 16.0. The number of aromatic amines is 1. The van der Waals surface area contributed by atoms with Crippen molar-refractivity contribution in [2.75, 3.05) is 7.11 Å².